The van der Waals surface area contributed by atoms with Crippen LogP contribution in [0.3, 0.4) is 0 Å². The van der Waals surface area contributed by atoms with Gasteiger partial charge in [0.05, 0.1) is 28.9 Å². The standard InChI is InChI=1S/C31H21N3O4S/c32-18-21-8-6-20(7-9-21)16-26(29(31(36)37)24-12-15-27-28(17-24)34-39-33-27)30(35)23-10-13-25(14-11-23)38-19-22-4-2-1-3-5-22/h1-15,17H,16,19H2,(H,36,37)/b29-26+. The van der Waals surface area contributed by atoms with Crippen LogP contribution < -0.4 is 4.74 Å². The van der Waals surface area contributed by atoms with E-state index in [1.807, 2.05) is 30.3 Å². The first-order valence-electron chi connectivity index (χ1n) is 12.0. The van der Waals surface area contributed by atoms with E-state index in [9.17, 15) is 14.7 Å². The van der Waals surface area contributed by atoms with E-state index in [0.29, 0.717) is 45.6 Å². The van der Waals surface area contributed by atoms with Crippen molar-refractivity contribution < 1.29 is 19.4 Å². The second-order valence-electron chi connectivity index (χ2n) is 8.74. The van der Waals surface area contributed by atoms with E-state index in [1.165, 1.54) is 0 Å². The Kier molecular flexibility index (Phi) is 7.53. The van der Waals surface area contributed by atoms with Crippen LogP contribution in [-0.2, 0) is 17.8 Å². The summed E-state index contributed by atoms with van der Waals surface area (Å²) in [6.45, 7) is 0.384. The maximum Gasteiger partial charge on any atom is 0.336 e. The van der Waals surface area contributed by atoms with Crippen molar-refractivity contribution in [2.75, 3.05) is 0 Å². The lowest BCUT2D eigenvalue weighted by molar-refractivity contribution is -0.130. The van der Waals surface area contributed by atoms with Crippen LogP contribution in [0.15, 0.2) is 103 Å². The molecule has 5 rings (SSSR count). The molecule has 0 aliphatic carbocycles. The fraction of sp³-hybridized carbons (Fsp3) is 0.0645. The lowest BCUT2D eigenvalue weighted by Crippen LogP contribution is -2.14. The molecule has 0 fully saturated rings. The highest BCUT2D eigenvalue weighted by Crippen LogP contribution is 2.28. The summed E-state index contributed by atoms with van der Waals surface area (Å²) in [5, 5.41) is 19.4. The summed E-state index contributed by atoms with van der Waals surface area (Å²) in [6.07, 6.45) is 0.0613. The number of carbonyl (C=O) groups is 2. The zero-order valence-corrected chi connectivity index (χ0v) is 21.4. The predicted molar refractivity (Wildman–Crippen MR) is 148 cm³/mol. The van der Waals surface area contributed by atoms with Crippen molar-refractivity contribution in [3.05, 3.63) is 130 Å². The van der Waals surface area contributed by atoms with Gasteiger partial charge < -0.3 is 9.84 Å². The normalized spacial score (nSPS) is 11.5. The minimum atomic E-state index is -1.22. The number of nitriles is 1. The third-order valence-corrected chi connectivity index (χ3v) is 6.72. The van der Waals surface area contributed by atoms with Gasteiger partial charge in [-0.05, 0) is 65.2 Å². The molecule has 0 aliphatic rings. The van der Waals surface area contributed by atoms with Gasteiger partial charge in [0.25, 0.3) is 0 Å². The van der Waals surface area contributed by atoms with Gasteiger partial charge in [0, 0.05) is 17.6 Å². The molecule has 0 spiro atoms. The molecule has 0 saturated heterocycles. The van der Waals surface area contributed by atoms with Gasteiger partial charge in [-0.2, -0.15) is 14.0 Å². The summed E-state index contributed by atoms with van der Waals surface area (Å²) in [5.41, 5.74) is 4.11. The molecule has 39 heavy (non-hydrogen) atoms. The molecule has 0 unspecified atom stereocenters. The molecule has 7 nitrogen and oxygen atoms in total. The molecule has 190 valence electrons. The van der Waals surface area contributed by atoms with Gasteiger partial charge >= 0.3 is 5.97 Å². The first-order valence-corrected chi connectivity index (χ1v) is 12.7. The molecule has 0 aliphatic heterocycles. The van der Waals surface area contributed by atoms with Crippen molar-refractivity contribution in [3.63, 3.8) is 0 Å². The number of hydrogen-bond donors (Lipinski definition) is 1. The molecule has 5 aromatic rings. The van der Waals surface area contributed by atoms with Crippen molar-refractivity contribution in [1.82, 2.24) is 8.75 Å². The third kappa shape index (κ3) is 5.90. The number of hydrogen-bond acceptors (Lipinski definition) is 7. The Labute approximate surface area is 228 Å². The lowest BCUT2D eigenvalue weighted by atomic mass is 9.89. The molecule has 0 saturated carbocycles. The molecule has 0 radical (unpaired) electrons. The molecular weight excluding hydrogens is 510 g/mol. The summed E-state index contributed by atoms with van der Waals surface area (Å²) in [7, 11) is 0. The maximum atomic E-state index is 13.9. The van der Waals surface area contributed by atoms with Crippen molar-refractivity contribution in [2.24, 2.45) is 0 Å². The molecule has 4 aromatic carbocycles. The number of ketones is 1. The zero-order valence-electron chi connectivity index (χ0n) is 20.6. The molecule has 0 bridgehead atoms. The summed E-state index contributed by atoms with van der Waals surface area (Å²) < 4.78 is 14.2. The molecule has 0 amide bonds. The topological polar surface area (TPSA) is 113 Å². The number of carboxylic acids is 1. The smallest absolute Gasteiger partial charge is 0.336 e. The number of carbonyl (C=O) groups excluding carboxylic acids is 1. The van der Waals surface area contributed by atoms with Crippen molar-refractivity contribution in [3.8, 4) is 11.8 Å². The van der Waals surface area contributed by atoms with E-state index in [2.05, 4.69) is 14.8 Å². The average molecular weight is 532 g/mol. The number of allylic oxidation sites excluding steroid dienone is 1. The second-order valence-corrected chi connectivity index (χ2v) is 9.27. The van der Waals surface area contributed by atoms with Crippen molar-refractivity contribution >= 4 is 40.1 Å². The van der Waals surface area contributed by atoms with Crippen LogP contribution in [0.4, 0.5) is 0 Å². The van der Waals surface area contributed by atoms with E-state index in [1.54, 1.807) is 66.7 Å². The maximum absolute atomic E-state index is 13.9. The predicted octanol–water partition coefficient (Wildman–Crippen LogP) is 6.11. The van der Waals surface area contributed by atoms with Gasteiger partial charge in [0.1, 0.15) is 23.4 Å². The Morgan fingerprint density at radius 1 is 0.821 bits per heavy atom. The highest BCUT2D eigenvalue weighted by molar-refractivity contribution is 7.00. The van der Waals surface area contributed by atoms with E-state index in [4.69, 9.17) is 10.00 Å². The molecule has 1 heterocycles. The zero-order chi connectivity index (χ0) is 27.2. The van der Waals surface area contributed by atoms with Crippen LogP contribution in [0.1, 0.15) is 32.6 Å². The van der Waals surface area contributed by atoms with Gasteiger partial charge in [-0.15, -0.1) is 0 Å². The number of carboxylic acid groups (broad SMARTS) is 1. The SMILES string of the molecule is N#Cc1ccc(C/C(C(=O)c2ccc(OCc3ccccc3)cc2)=C(\C(=O)O)c2ccc3nsnc3c2)cc1. The first kappa shape index (κ1) is 25.5. The Hall–Kier alpha value is -5.13. The van der Waals surface area contributed by atoms with E-state index < -0.39 is 11.8 Å². The molecule has 0 atom stereocenters. The molecule has 8 heteroatoms. The quantitative estimate of drug-likeness (QED) is 0.180. The number of aliphatic carboxylic acids is 1. The summed E-state index contributed by atoms with van der Waals surface area (Å²) in [5.74, 6) is -1.05. The minimum absolute atomic E-state index is 0.0613. The van der Waals surface area contributed by atoms with Crippen molar-refractivity contribution in [1.29, 1.82) is 5.26 Å². The van der Waals surface area contributed by atoms with Crippen LogP contribution >= 0.6 is 11.7 Å². The Morgan fingerprint density at radius 3 is 2.21 bits per heavy atom. The van der Waals surface area contributed by atoms with Gasteiger partial charge in [0.2, 0.25) is 0 Å². The Balaban J connectivity index is 1.52. The van der Waals surface area contributed by atoms with Crippen LogP contribution in [0.25, 0.3) is 16.6 Å². The fourth-order valence-corrected chi connectivity index (χ4v) is 4.68. The third-order valence-electron chi connectivity index (χ3n) is 6.16. The van der Waals surface area contributed by atoms with Crippen LogP contribution in [0.2, 0.25) is 0 Å². The Morgan fingerprint density at radius 2 is 1.51 bits per heavy atom. The van der Waals surface area contributed by atoms with Crippen molar-refractivity contribution in [2.45, 2.75) is 13.0 Å². The number of Topliss-reactive ketones (excluding diaryl/α,β-unsaturated/α-hetero) is 1. The number of rotatable bonds is 9. The lowest BCUT2D eigenvalue weighted by Gasteiger charge is -2.14. The Bertz CT molecular complexity index is 1720. The average Bonchev–Trinajstić information content (AvgIpc) is 3.44. The number of ether oxygens (including phenoxy) is 1. The molecule has 1 aromatic heterocycles. The number of aromatic nitrogens is 2. The number of fused-ring (bicyclic) bond motifs is 1. The van der Waals surface area contributed by atoms with E-state index in [0.717, 1.165) is 17.3 Å². The highest BCUT2D eigenvalue weighted by atomic mass is 32.1. The summed E-state index contributed by atoms with van der Waals surface area (Å²) in [6, 6.07) is 30.2. The van der Waals surface area contributed by atoms with E-state index >= 15 is 0 Å². The molecular formula is C31H21N3O4S. The minimum Gasteiger partial charge on any atom is -0.489 e. The van der Waals surface area contributed by atoms with Crippen LogP contribution in [0, 0.1) is 11.3 Å². The summed E-state index contributed by atoms with van der Waals surface area (Å²) in [4.78, 5) is 26.5. The number of nitrogens with zero attached hydrogens (tertiary/aromatic N) is 3. The molecule has 1 N–H and O–H groups in total. The monoisotopic (exact) mass is 531 g/mol. The second kappa shape index (κ2) is 11.5. The van der Waals surface area contributed by atoms with Crippen LogP contribution in [-0.4, -0.2) is 25.6 Å². The van der Waals surface area contributed by atoms with Gasteiger partial charge in [-0.25, -0.2) is 4.79 Å². The van der Waals surface area contributed by atoms with Crippen LogP contribution in [0.5, 0.6) is 5.75 Å². The first-order chi connectivity index (χ1) is 19.0. The summed E-state index contributed by atoms with van der Waals surface area (Å²) >= 11 is 1.03. The largest absolute Gasteiger partial charge is 0.489 e. The number of benzene rings is 4. The van der Waals surface area contributed by atoms with Gasteiger partial charge in [-0.1, -0.05) is 48.5 Å². The van der Waals surface area contributed by atoms with Gasteiger partial charge in [0.15, 0.2) is 5.78 Å². The fourth-order valence-electron chi connectivity index (χ4n) is 4.17. The van der Waals surface area contributed by atoms with Gasteiger partial charge in [-0.3, -0.25) is 4.79 Å². The highest BCUT2D eigenvalue weighted by Gasteiger charge is 2.24. The van der Waals surface area contributed by atoms with E-state index in [-0.39, 0.29) is 17.6 Å².